The number of hydrogen-bond donors (Lipinski definition) is 0. The summed E-state index contributed by atoms with van der Waals surface area (Å²) >= 11 is 0. The Morgan fingerprint density at radius 1 is 1.15 bits per heavy atom. The topological polar surface area (TPSA) is 63.9 Å². The van der Waals surface area contributed by atoms with Crippen LogP contribution in [0, 0.1) is 5.92 Å². The van der Waals surface area contributed by atoms with E-state index in [1.54, 1.807) is 18.7 Å². The highest BCUT2D eigenvalue weighted by Gasteiger charge is 2.27. The average Bonchev–Trinajstić information content (AvgIpc) is 3.31. The lowest BCUT2D eigenvalue weighted by molar-refractivity contribution is 0.0787. The molecule has 1 aromatic carbocycles. The van der Waals surface area contributed by atoms with E-state index in [1.165, 1.54) is 0 Å². The Morgan fingerprint density at radius 2 is 2.00 bits per heavy atom. The number of nitrogens with zero attached hydrogens (tertiary/aromatic N) is 5. The molecule has 0 N–H and O–H groups in total. The predicted octanol–water partition coefficient (Wildman–Crippen LogP) is 2.58. The van der Waals surface area contributed by atoms with Gasteiger partial charge in [-0.15, -0.1) is 0 Å². The molecule has 1 aliphatic rings. The number of rotatable bonds is 4. The molecule has 132 valence electrons. The van der Waals surface area contributed by atoms with Crippen molar-refractivity contribution in [2.24, 2.45) is 13.0 Å². The van der Waals surface area contributed by atoms with Crippen molar-refractivity contribution >= 4 is 5.91 Å². The van der Waals surface area contributed by atoms with Crippen molar-refractivity contribution in [1.29, 1.82) is 0 Å². The Bertz CT molecular complexity index is 905. The third-order valence-corrected chi connectivity index (χ3v) is 4.86. The molecule has 6 heteroatoms. The van der Waals surface area contributed by atoms with Gasteiger partial charge in [0.25, 0.3) is 5.91 Å². The molecule has 3 aromatic rings. The molecular weight excluding hydrogens is 326 g/mol. The van der Waals surface area contributed by atoms with Crippen molar-refractivity contribution in [2.75, 3.05) is 13.1 Å². The third-order valence-electron chi connectivity index (χ3n) is 4.86. The second-order valence-corrected chi connectivity index (χ2v) is 6.76. The molecule has 0 radical (unpaired) electrons. The first kappa shape index (κ1) is 16.4. The van der Waals surface area contributed by atoms with E-state index in [4.69, 9.17) is 4.98 Å². The van der Waals surface area contributed by atoms with Gasteiger partial charge in [-0.25, -0.2) is 9.97 Å². The van der Waals surface area contributed by atoms with Crippen LogP contribution in [0.5, 0.6) is 0 Å². The van der Waals surface area contributed by atoms with Crippen LogP contribution in [-0.2, 0) is 13.5 Å². The van der Waals surface area contributed by atoms with Crippen molar-refractivity contribution in [3.05, 3.63) is 66.5 Å². The zero-order chi connectivity index (χ0) is 17.9. The van der Waals surface area contributed by atoms with E-state index in [0.29, 0.717) is 5.92 Å². The lowest BCUT2D eigenvalue weighted by Gasteiger charge is -2.16. The fourth-order valence-corrected chi connectivity index (χ4v) is 3.47. The van der Waals surface area contributed by atoms with Crippen LogP contribution in [-0.4, -0.2) is 43.4 Å². The summed E-state index contributed by atoms with van der Waals surface area (Å²) in [4.78, 5) is 27.7. The summed E-state index contributed by atoms with van der Waals surface area (Å²) in [7, 11) is 1.95. The number of benzene rings is 1. The van der Waals surface area contributed by atoms with Crippen molar-refractivity contribution in [1.82, 2.24) is 24.4 Å². The van der Waals surface area contributed by atoms with Crippen LogP contribution < -0.4 is 0 Å². The second-order valence-electron chi connectivity index (χ2n) is 6.76. The van der Waals surface area contributed by atoms with Crippen LogP contribution in [0.1, 0.15) is 22.5 Å². The molecule has 4 rings (SSSR count). The molecule has 1 aliphatic heterocycles. The lowest BCUT2D eigenvalue weighted by Crippen LogP contribution is -2.28. The zero-order valence-electron chi connectivity index (χ0n) is 14.7. The quantitative estimate of drug-likeness (QED) is 0.728. The highest BCUT2D eigenvalue weighted by atomic mass is 16.2. The highest BCUT2D eigenvalue weighted by Crippen LogP contribution is 2.23. The summed E-state index contributed by atoms with van der Waals surface area (Å²) < 4.78 is 1.93. The largest absolute Gasteiger partial charge is 0.338 e. The minimum atomic E-state index is 0.114. The Morgan fingerprint density at radius 3 is 2.77 bits per heavy atom. The van der Waals surface area contributed by atoms with E-state index < -0.39 is 0 Å². The lowest BCUT2D eigenvalue weighted by atomic mass is 10.0. The first-order valence-corrected chi connectivity index (χ1v) is 8.82. The van der Waals surface area contributed by atoms with Crippen LogP contribution >= 0.6 is 0 Å². The highest BCUT2D eigenvalue weighted by molar-refractivity contribution is 5.94. The number of hydrogen-bond acceptors (Lipinski definition) is 4. The van der Waals surface area contributed by atoms with Crippen LogP contribution in [0.25, 0.3) is 11.4 Å². The molecule has 2 aromatic heterocycles. The molecule has 1 amide bonds. The fraction of sp³-hybridized carbons (Fsp3) is 0.300. The van der Waals surface area contributed by atoms with E-state index in [9.17, 15) is 4.79 Å². The van der Waals surface area contributed by atoms with Crippen LogP contribution in [0.3, 0.4) is 0 Å². The van der Waals surface area contributed by atoms with E-state index in [1.807, 2.05) is 53.0 Å². The molecule has 0 spiro atoms. The van der Waals surface area contributed by atoms with E-state index in [-0.39, 0.29) is 5.91 Å². The second kappa shape index (κ2) is 7.07. The Balaban J connectivity index is 1.43. The van der Waals surface area contributed by atoms with Gasteiger partial charge in [-0.2, -0.15) is 0 Å². The maximum absolute atomic E-state index is 12.6. The van der Waals surface area contributed by atoms with Gasteiger partial charge in [-0.1, -0.05) is 18.2 Å². The molecule has 26 heavy (non-hydrogen) atoms. The minimum Gasteiger partial charge on any atom is -0.338 e. The molecule has 3 heterocycles. The van der Waals surface area contributed by atoms with Gasteiger partial charge in [0.05, 0.1) is 30.1 Å². The number of aryl methyl sites for hydroxylation is 1. The van der Waals surface area contributed by atoms with Crippen LogP contribution in [0.4, 0.5) is 0 Å². The maximum atomic E-state index is 12.6. The predicted molar refractivity (Wildman–Crippen MR) is 98.4 cm³/mol. The smallest absolute Gasteiger partial charge is 0.253 e. The van der Waals surface area contributed by atoms with Gasteiger partial charge in [-0.3, -0.25) is 9.78 Å². The van der Waals surface area contributed by atoms with Crippen molar-refractivity contribution in [3.8, 4) is 11.4 Å². The summed E-state index contributed by atoms with van der Waals surface area (Å²) in [6.07, 6.45) is 8.97. The Kier molecular flexibility index (Phi) is 4.48. The van der Waals surface area contributed by atoms with E-state index >= 15 is 0 Å². The maximum Gasteiger partial charge on any atom is 0.253 e. The van der Waals surface area contributed by atoms with Crippen LogP contribution in [0.15, 0.2) is 55.2 Å². The summed E-state index contributed by atoms with van der Waals surface area (Å²) in [6, 6.07) is 9.48. The number of imidazole rings is 1. The number of amides is 1. The fourth-order valence-electron chi connectivity index (χ4n) is 3.47. The summed E-state index contributed by atoms with van der Waals surface area (Å²) in [5, 5.41) is 0. The van der Waals surface area contributed by atoms with Crippen molar-refractivity contribution < 1.29 is 4.79 Å². The van der Waals surface area contributed by atoms with Gasteiger partial charge in [0.15, 0.2) is 0 Å². The summed E-state index contributed by atoms with van der Waals surface area (Å²) in [6.45, 7) is 1.57. The van der Waals surface area contributed by atoms with E-state index in [0.717, 1.165) is 48.6 Å². The van der Waals surface area contributed by atoms with Gasteiger partial charge in [0.1, 0.15) is 5.69 Å². The average molecular weight is 347 g/mol. The Labute approximate surface area is 152 Å². The molecule has 0 bridgehead atoms. The molecule has 0 saturated carbocycles. The van der Waals surface area contributed by atoms with Crippen molar-refractivity contribution in [2.45, 2.75) is 12.8 Å². The number of carbonyl (C=O) groups excluding carboxylic acids is 1. The summed E-state index contributed by atoms with van der Waals surface area (Å²) in [5.41, 5.74) is 3.50. The van der Waals surface area contributed by atoms with Crippen LogP contribution in [0.2, 0.25) is 0 Å². The number of aromatic nitrogens is 4. The number of likely N-dealkylation sites (tertiary alicyclic amines) is 1. The van der Waals surface area contributed by atoms with Gasteiger partial charge < -0.3 is 9.47 Å². The normalized spacial score (nSPS) is 16.8. The molecule has 0 aliphatic carbocycles. The number of carbonyl (C=O) groups is 1. The monoisotopic (exact) mass is 347 g/mol. The zero-order valence-corrected chi connectivity index (χ0v) is 14.7. The molecule has 1 atom stereocenters. The molecular formula is C20H21N5O. The van der Waals surface area contributed by atoms with Gasteiger partial charge in [0.2, 0.25) is 0 Å². The standard InChI is InChI=1S/C20H21N5O/c1-24-14-22-12-19(24)18-11-21-10-17(23-18)9-15-7-8-25(13-15)20(26)16-5-3-2-4-6-16/h2-6,10-12,14-15H,7-9,13H2,1H3/t15-/m1/s1. The first-order valence-electron chi connectivity index (χ1n) is 8.82. The molecule has 0 unspecified atom stereocenters. The van der Waals surface area contributed by atoms with Crippen molar-refractivity contribution in [3.63, 3.8) is 0 Å². The third kappa shape index (κ3) is 3.35. The van der Waals surface area contributed by atoms with E-state index in [2.05, 4.69) is 9.97 Å². The SMILES string of the molecule is Cn1cncc1-c1cncc(C[C@H]2CCN(C(=O)c3ccccc3)C2)n1. The van der Waals surface area contributed by atoms with Gasteiger partial charge in [0, 0.05) is 31.9 Å². The molecule has 6 nitrogen and oxygen atoms in total. The first-order chi connectivity index (χ1) is 12.7. The summed E-state index contributed by atoms with van der Waals surface area (Å²) in [5.74, 6) is 0.529. The van der Waals surface area contributed by atoms with Gasteiger partial charge >= 0.3 is 0 Å². The molecule has 1 saturated heterocycles. The Hall–Kier alpha value is -3.02. The minimum absolute atomic E-state index is 0.114. The molecule has 1 fully saturated rings. The van der Waals surface area contributed by atoms with Gasteiger partial charge in [-0.05, 0) is 30.9 Å².